The lowest BCUT2D eigenvalue weighted by atomic mass is 9.74. The van der Waals surface area contributed by atoms with Crippen molar-refractivity contribution in [3.05, 3.63) is 60.2 Å². The van der Waals surface area contributed by atoms with E-state index in [0.717, 1.165) is 24.8 Å². The quantitative estimate of drug-likeness (QED) is 0.497. The number of nitrogens with zero attached hydrogens (tertiary/aromatic N) is 3. The Morgan fingerprint density at radius 1 is 0.974 bits per heavy atom. The lowest BCUT2D eigenvalue weighted by molar-refractivity contribution is -0.148. The summed E-state index contributed by atoms with van der Waals surface area (Å²) in [6.07, 6.45) is 10.9. The molecule has 2 unspecified atom stereocenters. The summed E-state index contributed by atoms with van der Waals surface area (Å²) in [5, 5.41) is 10.7. The minimum Gasteiger partial charge on any atom is -0.394 e. The third-order valence-corrected chi connectivity index (χ3v) is 10.8. The second-order valence-corrected chi connectivity index (χ2v) is 13.4. The van der Waals surface area contributed by atoms with Crippen LogP contribution in [0.3, 0.4) is 0 Å². The van der Waals surface area contributed by atoms with Crippen molar-refractivity contribution in [2.45, 2.75) is 74.6 Å². The Morgan fingerprint density at radius 3 is 2.36 bits per heavy atom. The molecule has 0 aromatic heterocycles. The zero-order valence-electron chi connectivity index (χ0n) is 23.5. The van der Waals surface area contributed by atoms with Gasteiger partial charge in [-0.2, -0.15) is 0 Å². The average molecular weight is 552 g/mol. The van der Waals surface area contributed by atoms with E-state index in [1.807, 2.05) is 52.3 Å². The molecule has 1 spiro atoms. The highest BCUT2D eigenvalue weighted by Crippen LogP contribution is 2.66. The van der Waals surface area contributed by atoms with Gasteiger partial charge in [0.2, 0.25) is 17.7 Å². The fourth-order valence-electron chi connectivity index (χ4n) is 7.34. The molecule has 2 fully saturated rings. The van der Waals surface area contributed by atoms with Gasteiger partial charge in [-0.25, -0.2) is 0 Å². The molecule has 210 valence electrons. The number of carbonyl (C=O) groups is 3. The SMILES string of the molecule is CCCC(C)N1CC=C[C@]23S[C@@]4(C)C=CCN(CCC)C(=O)[C@H]4[C@H]2C(=O)N([C@H](CO)c2ccccc2)C3C1=O. The van der Waals surface area contributed by atoms with Crippen LogP contribution in [0.4, 0.5) is 0 Å². The molecule has 4 aliphatic rings. The van der Waals surface area contributed by atoms with Crippen molar-refractivity contribution >= 4 is 29.5 Å². The summed E-state index contributed by atoms with van der Waals surface area (Å²) in [6.45, 7) is 9.59. The number of aliphatic hydroxyl groups excluding tert-OH is 1. The maximum Gasteiger partial charge on any atom is 0.247 e. The fraction of sp³-hybridized carbons (Fsp3) is 0.581. The van der Waals surface area contributed by atoms with Gasteiger partial charge < -0.3 is 19.8 Å². The van der Waals surface area contributed by atoms with E-state index in [2.05, 4.69) is 39.8 Å². The minimum absolute atomic E-state index is 0.0108. The van der Waals surface area contributed by atoms with E-state index in [1.165, 1.54) is 0 Å². The molecule has 5 rings (SSSR count). The van der Waals surface area contributed by atoms with E-state index < -0.39 is 33.4 Å². The van der Waals surface area contributed by atoms with Gasteiger partial charge >= 0.3 is 0 Å². The summed E-state index contributed by atoms with van der Waals surface area (Å²) in [6, 6.07) is 7.96. The molecule has 1 aromatic rings. The van der Waals surface area contributed by atoms with Gasteiger partial charge in [-0.3, -0.25) is 14.4 Å². The molecule has 7 nitrogen and oxygen atoms in total. The highest BCUT2D eigenvalue weighted by atomic mass is 32.2. The Balaban J connectivity index is 1.68. The Morgan fingerprint density at radius 2 is 1.69 bits per heavy atom. The Kier molecular flexibility index (Phi) is 7.72. The second-order valence-electron chi connectivity index (χ2n) is 11.6. The predicted octanol–water partition coefficient (Wildman–Crippen LogP) is 3.80. The standard InChI is InChI=1S/C31H41N3O4S/c1-5-12-21(3)33-19-11-16-31-25(24-27(36)32(17-6-2)18-10-15-30(24,4)39-31)28(37)34(26(31)29(33)38)23(20-35)22-13-8-7-9-14-22/h7-11,13-16,21,23-26,35H,5-6,12,17-20H2,1-4H3/t21?,23-,24-,25+,26?,30+,31+/m1/s1. The van der Waals surface area contributed by atoms with Gasteiger partial charge in [0, 0.05) is 30.4 Å². The summed E-state index contributed by atoms with van der Waals surface area (Å²) >= 11 is 1.60. The highest BCUT2D eigenvalue weighted by Gasteiger charge is 2.74. The molecule has 0 saturated carbocycles. The summed E-state index contributed by atoms with van der Waals surface area (Å²) in [4.78, 5) is 48.8. The molecule has 2 saturated heterocycles. The van der Waals surface area contributed by atoms with Crippen LogP contribution in [0, 0.1) is 11.8 Å². The van der Waals surface area contributed by atoms with Crippen molar-refractivity contribution in [2.24, 2.45) is 11.8 Å². The second kappa shape index (κ2) is 10.8. The Labute approximate surface area is 236 Å². The van der Waals surface area contributed by atoms with Gasteiger partial charge in [-0.15, -0.1) is 11.8 Å². The Bertz CT molecular complexity index is 1170. The number of benzene rings is 1. The molecular formula is C31H41N3O4S. The van der Waals surface area contributed by atoms with Crippen LogP contribution in [0.5, 0.6) is 0 Å². The van der Waals surface area contributed by atoms with Crippen molar-refractivity contribution in [3.63, 3.8) is 0 Å². The molecule has 3 amide bonds. The van der Waals surface area contributed by atoms with Crippen molar-refractivity contribution in [1.29, 1.82) is 0 Å². The largest absolute Gasteiger partial charge is 0.394 e. The van der Waals surface area contributed by atoms with Gasteiger partial charge in [-0.1, -0.05) is 74.9 Å². The third-order valence-electron chi connectivity index (χ3n) is 9.03. The normalized spacial score (nSPS) is 33.5. The van der Waals surface area contributed by atoms with Crippen LogP contribution in [0.25, 0.3) is 0 Å². The first kappa shape index (κ1) is 28.0. The summed E-state index contributed by atoms with van der Waals surface area (Å²) in [5.74, 6) is -1.63. The van der Waals surface area contributed by atoms with E-state index in [1.54, 1.807) is 16.7 Å². The van der Waals surface area contributed by atoms with E-state index in [0.29, 0.717) is 19.6 Å². The smallest absolute Gasteiger partial charge is 0.247 e. The number of carbonyl (C=O) groups excluding carboxylic acids is 3. The van der Waals surface area contributed by atoms with E-state index in [9.17, 15) is 19.5 Å². The topological polar surface area (TPSA) is 81.2 Å². The van der Waals surface area contributed by atoms with Crippen LogP contribution in [0.2, 0.25) is 0 Å². The van der Waals surface area contributed by atoms with Crippen molar-refractivity contribution in [2.75, 3.05) is 26.2 Å². The van der Waals surface area contributed by atoms with Crippen molar-refractivity contribution < 1.29 is 19.5 Å². The summed E-state index contributed by atoms with van der Waals surface area (Å²) in [5.41, 5.74) is 0.783. The number of hydrogen-bond acceptors (Lipinski definition) is 5. The average Bonchev–Trinajstić information content (AvgIpc) is 3.19. The molecular weight excluding hydrogens is 510 g/mol. The van der Waals surface area contributed by atoms with Crippen LogP contribution < -0.4 is 0 Å². The fourth-order valence-corrected chi connectivity index (χ4v) is 9.48. The zero-order valence-corrected chi connectivity index (χ0v) is 24.3. The maximum atomic E-state index is 14.7. The lowest BCUT2D eigenvalue weighted by Gasteiger charge is -2.41. The third kappa shape index (κ3) is 4.34. The molecule has 0 bridgehead atoms. The maximum absolute atomic E-state index is 14.7. The molecule has 0 radical (unpaired) electrons. The number of aliphatic hydroxyl groups is 1. The number of rotatable bonds is 8. The molecule has 7 atom stereocenters. The first-order valence-electron chi connectivity index (χ1n) is 14.4. The number of fused-ring (bicyclic) bond motifs is 2. The predicted molar refractivity (Wildman–Crippen MR) is 154 cm³/mol. The van der Waals surface area contributed by atoms with E-state index >= 15 is 0 Å². The van der Waals surface area contributed by atoms with Gasteiger partial charge in [0.05, 0.1) is 29.2 Å². The minimum atomic E-state index is -0.911. The molecule has 1 N–H and O–H groups in total. The van der Waals surface area contributed by atoms with Crippen LogP contribution in [0.15, 0.2) is 54.6 Å². The van der Waals surface area contributed by atoms with Crippen molar-refractivity contribution in [1.82, 2.24) is 14.7 Å². The molecule has 0 aliphatic carbocycles. The van der Waals surface area contributed by atoms with Gasteiger partial charge in [0.15, 0.2) is 0 Å². The van der Waals surface area contributed by atoms with Crippen LogP contribution >= 0.6 is 11.8 Å². The van der Waals surface area contributed by atoms with Crippen LogP contribution in [-0.2, 0) is 14.4 Å². The number of hydrogen-bond donors (Lipinski definition) is 1. The van der Waals surface area contributed by atoms with Gasteiger partial charge in [0.25, 0.3) is 0 Å². The summed E-state index contributed by atoms with van der Waals surface area (Å²) in [7, 11) is 0. The lowest BCUT2D eigenvalue weighted by Crippen LogP contribution is -2.56. The highest BCUT2D eigenvalue weighted by molar-refractivity contribution is 8.02. The molecule has 39 heavy (non-hydrogen) atoms. The van der Waals surface area contributed by atoms with Crippen LogP contribution in [0.1, 0.15) is 58.6 Å². The van der Waals surface area contributed by atoms with Crippen molar-refractivity contribution in [3.8, 4) is 0 Å². The molecule has 1 aromatic carbocycles. The number of amides is 3. The zero-order chi connectivity index (χ0) is 27.9. The van der Waals surface area contributed by atoms with Crippen LogP contribution in [-0.4, -0.2) is 85.3 Å². The summed E-state index contributed by atoms with van der Waals surface area (Å²) < 4.78 is -1.54. The van der Waals surface area contributed by atoms with Gasteiger partial charge in [0.1, 0.15) is 6.04 Å². The monoisotopic (exact) mass is 551 g/mol. The van der Waals surface area contributed by atoms with Gasteiger partial charge in [-0.05, 0) is 32.3 Å². The molecule has 4 aliphatic heterocycles. The number of likely N-dealkylation sites (tertiary alicyclic amines) is 1. The Hall–Kier alpha value is -2.58. The van der Waals surface area contributed by atoms with E-state index in [4.69, 9.17) is 0 Å². The first-order valence-corrected chi connectivity index (χ1v) is 15.2. The van der Waals surface area contributed by atoms with E-state index in [-0.39, 0.29) is 30.4 Å². The number of thioether (sulfide) groups is 1. The molecule has 8 heteroatoms. The first-order chi connectivity index (χ1) is 18.7. The molecule has 4 heterocycles.